The van der Waals surface area contributed by atoms with Gasteiger partial charge in [0.2, 0.25) is 0 Å². The number of methoxy groups -OCH3 is 3. The molecule has 0 saturated carbocycles. The highest BCUT2D eigenvalue weighted by atomic mass is 16.5. The Bertz CT molecular complexity index is 6700. The molecular weight excluding hydrogens is 1700 g/mol. The number of allylic oxidation sites excluding steroid dienone is 1. The minimum Gasteiger partial charge on any atom is -0.550 e. The Kier molecular flexibility index (Phi) is 30.5. The zero-order valence-corrected chi connectivity index (χ0v) is 73.2. The molecule has 3 aliphatic heterocycles. The van der Waals surface area contributed by atoms with E-state index < -0.39 is 35.8 Å². The molecule has 17 N–H and O–H groups in total. The molecule has 40 heteroatoms. The van der Waals surface area contributed by atoms with E-state index in [4.69, 9.17) is 75.8 Å². The third-order valence-electron chi connectivity index (χ3n) is 22.1. The van der Waals surface area contributed by atoms with Crippen molar-refractivity contribution in [3.63, 3.8) is 0 Å². The number of carboxylic acids is 5. The molecule has 0 unspecified atom stereocenters. The summed E-state index contributed by atoms with van der Waals surface area (Å²) in [5.41, 5.74) is 24.3. The predicted octanol–water partition coefficient (Wildman–Crippen LogP) is 4.94. The lowest BCUT2D eigenvalue weighted by Crippen LogP contribution is -2.86. The van der Waals surface area contributed by atoms with Crippen LogP contribution in [0.2, 0.25) is 0 Å². The molecule has 9 aromatic heterocycles. The van der Waals surface area contributed by atoms with Crippen molar-refractivity contribution in [2.24, 2.45) is 0 Å². The van der Waals surface area contributed by atoms with E-state index in [9.17, 15) is 29.1 Å². The van der Waals surface area contributed by atoms with Crippen molar-refractivity contribution in [3.05, 3.63) is 194 Å². The number of hydrogen-bond donors (Lipinski definition) is 12. The predicted molar refractivity (Wildman–Crippen MR) is 487 cm³/mol. The second-order valence-corrected chi connectivity index (χ2v) is 31.0. The lowest BCUT2D eigenvalue weighted by Gasteiger charge is -2.21. The van der Waals surface area contributed by atoms with Crippen LogP contribution in [0.3, 0.4) is 0 Å². The van der Waals surface area contributed by atoms with Gasteiger partial charge in [-0.3, -0.25) is 24.0 Å². The second-order valence-electron chi connectivity index (χ2n) is 31.0. The molecule has 3 fully saturated rings. The number of nitrogens with zero attached hydrogens (tertiary/aromatic N) is 14. The molecule has 6 aromatic carbocycles. The van der Waals surface area contributed by atoms with Gasteiger partial charge in [0.05, 0.1) is 118 Å². The summed E-state index contributed by atoms with van der Waals surface area (Å²) in [7, 11) is 4.65. The van der Waals surface area contributed by atoms with Gasteiger partial charge in [-0.25, -0.2) is 43.9 Å². The number of quaternary nitrogens is 3. The third-order valence-corrected chi connectivity index (χ3v) is 22.1. The van der Waals surface area contributed by atoms with Crippen molar-refractivity contribution < 1.29 is 94.0 Å². The maximum Gasteiger partial charge on any atom is 0.323 e. The van der Waals surface area contributed by atoms with Crippen LogP contribution in [0.4, 0.5) is 34.5 Å². The number of carbonyl (C=O) groups excluding carboxylic acids is 6. The number of nitrogen functional groups attached to an aromatic ring is 2. The van der Waals surface area contributed by atoms with E-state index in [0.29, 0.717) is 114 Å². The standard InChI is InChI=1S/C29H30N8O4.C29H30N8O2.C28H28N8O4.3C2H4O2/c1-41-23-15-18(6-7-21(23)35-29(40)22-14-17-4-2-3-5-20(17)34-22)26-25-27(31-13-10-24(38)39)32-16-33-28(25)37(36-26)19-8-11-30-12-9-19;1-3-14-36-22-7-5-4-6-18(22)15-23(36)29(38)34-21-9-8-19(16-24(21)39-2)26-25-27(30)32-17-33-28(25)37(35-26)20-10-12-31-13-11-20;1-40-22-13-17(25-24-26(29)31-15-32-27(24)36(34-25)18-8-10-30-11-9-18)6-7-19(22)33-28(39)21-12-16-4-2-3-5-20(16)35(21)14-23(37)38;3*1-2(3)4/h2-7,14-16,19,30,34H,8-13H2,1H3,(H,35,40)(H,38,39)(H,31,32,33);3-9,15-17,20,31H,1,10-14H2,2H3,(H,34,38)(H2,30,32,33);2-7,12-13,15,18,30H,8-11,14H2,1H3,(H,33,39)(H,37,38)(H2,29,31,32);3*1H3,(H,3,4). The fourth-order valence-corrected chi connectivity index (χ4v) is 16.2. The molecule has 684 valence electrons. The first kappa shape index (κ1) is 93.4. The number of H-pyrrole nitrogens is 1. The maximum atomic E-state index is 13.4. The van der Waals surface area contributed by atoms with Gasteiger partial charge >= 0.3 is 11.9 Å². The number of fused-ring (bicyclic) bond motifs is 6. The van der Waals surface area contributed by atoms with Crippen LogP contribution in [0.15, 0.2) is 177 Å². The average Bonchev–Trinajstić information content (AvgIpc) is 1.62. The number of ether oxygens (including phenoxy) is 3. The van der Waals surface area contributed by atoms with Crippen LogP contribution in [-0.2, 0) is 37.1 Å². The summed E-state index contributed by atoms with van der Waals surface area (Å²) >= 11 is 0. The van der Waals surface area contributed by atoms with Gasteiger partial charge in [-0.15, -0.1) is 6.58 Å². The topological polar surface area (TPSA) is 580 Å². The first-order chi connectivity index (χ1) is 63.7. The van der Waals surface area contributed by atoms with E-state index in [1.165, 1.54) is 30.7 Å². The Hall–Kier alpha value is -16.2. The number of carbonyl (C=O) groups is 8. The second kappa shape index (κ2) is 43.0. The van der Waals surface area contributed by atoms with Crippen LogP contribution in [-0.4, -0.2) is 198 Å². The van der Waals surface area contributed by atoms with Crippen LogP contribution in [0.25, 0.3) is 99.6 Å². The van der Waals surface area contributed by atoms with E-state index in [2.05, 4.69) is 78.7 Å². The minimum absolute atomic E-state index is 0.0496. The lowest BCUT2D eigenvalue weighted by atomic mass is 10.1. The van der Waals surface area contributed by atoms with E-state index >= 15 is 0 Å². The SMILES string of the molecule is C=CCn1c(C(=O)Nc2ccc(-c3nn(C4CC[NH2+]CC4)c4ncnc(N)c34)cc2OC)cc2ccccc21.CC(=O)[O-].CC(=O)[O-].CC(=O)[O-].COc1cc(-c2nn(C3CC[NH2+]CC3)c3ncnc(N)c23)ccc1NC(=O)c1cc2ccccc2n1CC(=O)O.COc1cc(-c2nn(C3CC[NH2+]CC3)c3ncnc(NCCC(=O)O)c23)ccc1NC(=O)c1cc2ccccc2[nH]1. The molecule has 132 heavy (non-hydrogen) atoms. The molecule has 12 heterocycles. The molecule has 18 rings (SSSR count). The number of aliphatic carboxylic acids is 5. The van der Waals surface area contributed by atoms with Crippen molar-refractivity contribution in [1.29, 1.82) is 0 Å². The highest BCUT2D eigenvalue weighted by Crippen LogP contribution is 2.42. The molecule has 3 amide bonds. The fourth-order valence-electron chi connectivity index (χ4n) is 16.2. The number of hydrogen-bond acceptors (Lipinski definition) is 26. The smallest absolute Gasteiger partial charge is 0.323 e. The highest BCUT2D eigenvalue weighted by Gasteiger charge is 2.31. The molecule has 40 nitrogen and oxygen atoms in total. The van der Waals surface area contributed by atoms with E-state index in [1.807, 2.05) is 128 Å². The van der Waals surface area contributed by atoms with Crippen LogP contribution in [0.5, 0.6) is 17.2 Å². The Balaban J connectivity index is 0.000000158. The molecule has 15 aromatic rings. The molecule has 3 saturated heterocycles. The summed E-state index contributed by atoms with van der Waals surface area (Å²) in [6, 6.07) is 45.4. The normalized spacial score (nSPS) is 13.3. The maximum absolute atomic E-state index is 13.4. The number of nitrogens with one attached hydrogen (secondary N) is 5. The summed E-state index contributed by atoms with van der Waals surface area (Å²) in [6.07, 6.45) is 12.1. The van der Waals surface area contributed by atoms with Gasteiger partial charge < -0.3 is 117 Å². The van der Waals surface area contributed by atoms with Crippen molar-refractivity contribution in [1.82, 2.24) is 73.4 Å². The Labute approximate surface area is 753 Å². The number of aromatic nitrogens is 15. The highest BCUT2D eigenvalue weighted by molar-refractivity contribution is 6.10. The van der Waals surface area contributed by atoms with Gasteiger partial charge in [-0.05, 0) is 93.6 Å². The largest absolute Gasteiger partial charge is 0.550 e. The van der Waals surface area contributed by atoms with Gasteiger partial charge in [-0.2, -0.15) is 15.3 Å². The number of carboxylic acid groups (broad SMARTS) is 5. The number of nitrogens with two attached hydrogens (primary N) is 5. The Morgan fingerprint density at radius 1 is 0.477 bits per heavy atom. The molecule has 3 aliphatic rings. The van der Waals surface area contributed by atoms with Crippen LogP contribution in [0.1, 0.15) is 115 Å². The van der Waals surface area contributed by atoms with E-state index in [1.54, 1.807) is 56.7 Å². The first-order valence-corrected chi connectivity index (χ1v) is 42.4. The van der Waals surface area contributed by atoms with Crippen LogP contribution in [0, 0.1) is 0 Å². The van der Waals surface area contributed by atoms with Gasteiger partial charge in [0.25, 0.3) is 17.7 Å². The number of rotatable bonds is 23. The number of anilines is 6. The van der Waals surface area contributed by atoms with Crippen LogP contribution >= 0.6 is 0 Å². The Morgan fingerprint density at radius 3 is 1.25 bits per heavy atom. The zero-order valence-electron chi connectivity index (χ0n) is 73.2. The molecule has 0 spiro atoms. The fraction of sp³-hybridized carbons (Fsp3) is 0.272. The summed E-state index contributed by atoms with van der Waals surface area (Å²) in [5.74, 6) is -3.51. The summed E-state index contributed by atoms with van der Waals surface area (Å²) in [6.45, 7) is 13.3. The van der Waals surface area contributed by atoms with Crippen molar-refractivity contribution >= 4 is 148 Å². The number of benzene rings is 6. The van der Waals surface area contributed by atoms with E-state index in [0.717, 1.165) is 153 Å². The van der Waals surface area contributed by atoms with Gasteiger partial charge in [0.15, 0.2) is 16.9 Å². The lowest BCUT2D eigenvalue weighted by molar-refractivity contribution is -0.664. The summed E-state index contributed by atoms with van der Waals surface area (Å²) in [5, 5.41) is 83.9. The molecule has 0 aliphatic carbocycles. The van der Waals surface area contributed by atoms with Crippen molar-refractivity contribution in [2.75, 3.05) is 99.9 Å². The van der Waals surface area contributed by atoms with Crippen molar-refractivity contribution in [3.8, 4) is 51.0 Å². The van der Waals surface area contributed by atoms with Gasteiger partial charge in [0, 0.05) is 119 Å². The zero-order chi connectivity index (χ0) is 93.8. The first-order valence-electron chi connectivity index (χ1n) is 42.4. The number of amides is 3. The number of para-hydroxylation sites is 3. The van der Waals surface area contributed by atoms with Gasteiger partial charge in [-0.1, -0.05) is 78.9 Å². The monoisotopic (exact) mass is 1800 g/mol. The Morgan fingerprint density at radius 2 is 0.848 bits per heavy atom. The number of aromatic amines is 1. The van der Waals surface area contributed by atoms with Crippen LogP contribution < -0.4 is 78.2 Å². The summed E-state index contributed by atoms with van der Waals surface area (Å²) < 4.78 is 26.4. The third kappa shape index (κ3) is 21.9. The summed E-state index contributed by atoms with van der Waals surface area (Å²) in [4.78, 5) is 119. The molecule has 0 bridgehead atoms. The van der Waals surface area contributed by atoms with Crippen molar-refractivity contribution in [2.45, 2.75) is 96.9 Å². The van der Waals surface area contributed by atoms with E-state index in [-0.39, 0.29) is 55.1 Å². The molecule has 0 atom stereocenters. The minimum atomic E-state index is -1.08. The average molecular weight is 1800 g/mol. The van der Waals surface area contributed by atoms with Gasteiger partial charge in [0.1, 0.15) is 94.4 Å². The molecular formula is C92H100N24O16. The molecule has 0 radical (unpaired) electrons. The number of piperidine rings is 3. The quantitative estimate of drug-likeness (QED) is 0.0377.